The molecule has 1 aliphatic heterocycles. The summed E-state index contributed by atoms with van der Waals surface area (Å²) in [5.74, 6) is -2.44. The third-order valence-corrected chi connectivity index (χ3v) is 7.16. The summed E-state index contributed by atoms with van der Waals surface area (Å²) in [5, 5.41) is 0.538. The molecule has 1 fully saturated rings. The highest BCUT2D eigenvalue weighted by atomic mass is 35.5. The topological polar surface area (TPSA) is 89.7 Å². The molecule has 2 aromatic rings. The minimum Gasteiger partial charge on any atom is -0.493 e. The Morgan fingerprint density at radius 1 is 1.17 bits per heavy atom. The van der Waals surface area contributed by atoms with Crippen LogP contribution in [0.25, 0.3) is 0 Å². The maximum absolute atomic E-state index is 13.6. The molecule has 2 N–H and O–H groups in total. The van der Waals surface area contributed by atoms with Crippen molar-refractivity contribution >= 4 is 27.5 Å². The number of rotatable bonds is 7. The molecule has 1 atom stereocenters. The number of hydrogen-bond donors (Lipinski definition) is 1. The van der Waals surface area contributed by atoms with Crippen molar-refractivity contribution < 1.29 is 26.7 Å². The monoisotopic (exact) mass is 458 g/mol. The average Bonchev–Trinajstić information content (AvgIpc) is 2.69. The van der Waals surface area contributed by atoms with Crippen LogP contribution in [0, 0.1) is 17.0 Å². The van der Waals surface area contributed by atoms with Crippen molar-refractivity contribution in [2.45, 2.75) is 24.2 Å². The summed E-state index contributed by atoms with van der Waals surface area (Å²) in [6, 6.07) is 9.07. The Labute approximate surface area is 178 Å². The van der Waals surface area contributed by atoms with Crippen LogP contribution in [0.2, 0.25) is 5.02 Å². The number of sulfonamides is 1. The number of carbonyl (C=O) groups excluding carboxylic acids is 1. The maximum Gasteiger partial charge on any atom is 0.243 e. The molecule has 30 heavy (non-hydrogen) atoms. The average molecular weight is 459 g/mol. The van der Waals surface area contributed by atoms with Gasteiger partial charge in [0.2, 0.25) is 15.9 Å². The zero-order valence-corrected chi connectivity index (χ0v) is 17.6. The van der Waals surface area contributed by atoms with E-state index >= 15 is 0 Å². The summed E-state index contributed by atoms with van der Waals surface area (Å²) in [6.45, 7) is 0.203. The Bertz CT molecular complexity index is 1030. The van der Waals surface area contributed by atoms with Gasteiger partial charge < -0.3 is 10.5 Å². The molecular formula is C20H21ClF2N2O4S. The number of primary amides is 1. The highest BCUT2D eigenvalue weighted by molar-refractivity contribution is 7.89. The largest absolute Gasteiger partial charge is 0.493 e. The molecule has 0 spiro atoms. The summed E-state index contributed by atoms with van der Waals surface area (Å²) < 4.78 is 59.8. The Morgan fingerprint density at radius 2 is 1.87 bits per heavy atom. The third-order valence-electron chi connectivity index (χ3n) is 5.06. The predicted molar refractivity (Wildman–Crippen MR) is 108 cm³/mol. The predicted octanol–water partition coefficient (Wildman–Crippen LogP) is 3.34. The lowest BCUT2D eigenvalue weighted by atomic mass is 9.78. The lowest BCUT2D eigenvalue weighted by Crippen LogP contribution is -2.50. The number of amides is 1. The van der Waals surface area contributed by atoms with Gasteiger partial charge in [0, 0.05) is 29.9 Å². The van der Waals surface area contributed by atoms with E-state index in [1.807, 2.05) is 0 Å². The second-order valence-electron chi connectivity index (χ2n) is 7.40. The van der Waals surface area contributed by atoms with Gasteiger partial charge in [-0.3, -0.25) is 4.79 Å². The van der Waals surface area contributed by atoms with Crippen LogP contribution in [0.1, 0.15) is 19.3 Å². The molecule has 3 rings (SSSR count). The Hall–Kier alpha value is -2.23. The van der Waals surface area contributed by atoms with E-state index < -0.39 is 33.0 Å². The van der Waals surface area contributed by atoms with Crippen molar-refractivity contribution in [1.29, 1.82) is 0 Å². The van der Waals surface area contributed by atoms with Crippen molar-refractivity contribution in [1.82, 2.24) is 4.31 Å². The van der Waals surface area contributed by atoms with Crippen LogP contribution in [-0.4, -0.2) is 38.3 Å². The molecule has 1 heterocycles. The quantitative estimate of drug-likeness (QED) is 0.689. The van der Waals surface area contributed by atoms with E-state index in [0.29, 0.717) is 29.7 Å². The van der Waals surface area contributed by atoms with E-state index in [1.54, 1.807) is 24.3 Å². The fourth-order valence-electron chi connectivity index (χ4n) is 3.60. The van der Waals surface area contributed by atoms with Gasteiger partial charge in [0.25, 0.3) is 0 Å². The number of nitrogens with two attached hydrogens (primary N) is 1. The van der Waals surface area contributed by atoms with Crippen LogP contribution in [-0.2, 0) is 14.8 Å². The molecule has 2 aromatic carbocycles. The molecule has 0 radical (unpaired) electrons. The van der Waals surface area contributed by atoms with Crippen LogP contribution in [0.15, 0.2) is 47.4 Å². The maximum atomic E-state index is 13.6. The van der Waals surface area contributed by atoms with Gasteiger partial charge in [-0.25, -0.2) is 17.2 Å². The Balaban J connectivity index is 1.84. The van der Waals surface area contributed by atoms with Gasteiger partial charge in [0.15, 0.2) is 11.6 Å². The van der Waals surface area contributed by atoms with E-state index in [0.717, 1.165) is 16.4 Å². The minimum atomic E-state index is -4.10. The second kappa shape index (κ2) is 8.87. The molecule has 0 bridgehead atoms. The van der Waals surface area contributed by atoms with Crippen LogP contribution in [0.5, 0.6) is 5.75 Å². The molecule has 0 aromatic heterocycles. The van der Waals surface area contributed by atoms with Gasteiger partial charge in [-0.1, -0.05) is 11.6 Å². The van der Waals surface area contributed by atoms with Gasteiger partial charge in [-0.15, -0.1) is 0 Å². The van der Waals surface area contributed by atoms with Gasteiger partial charge in [-0.05, 0) is 55.3 Å². The number of nitrogens with zero attached hydrogens (tertiary/aromatic N) is 1. The van der Waals surface area contributed by atoms with Gasteiger partial charge in [0.1, 0.15) is 5.75 Å². The van der Waals surface area contributed by atoms with Gasteiger partial charge in [-0.2, -0.15) is 4.31 Å². The Morgan fingerprint density at radius 3 is 2.50 bits per heavy atom. The number of benzene rings is 2. The number of hydrogen-bond acceptors (Lipinski definition) is 4. The minimum absolute atomic E-state index is 0.0368. The smallest absolute Gasteiger partial charge is 0.243 e. The first-order valence-electron chi connectivity index (χ1n) is 9.23. The highest BCUT2D eigenvalue weighted by Gasteiger charge is 2.42. The Kier molecular flexibility index (Phi) is 6.64. The summed E-state index contributed by atoms with van der Waals surface area (Å²) >= 11 is 5.86. The van der Waals surface area contributed by atoms with Crippen molar-refractivity contribution in [3.8, 4) is 5.75 Å². The molecule has 6 nitrogen and oxygen atoms in total. The zero-order chi connectivity index (χ0) is 21.9. The normalized spacial score (nSPS) is 20.1. The lowest BCUT2D eigenvalue weighted by Gasteiger charge is -2.41. The number of halogens is 3. The lowest BCUT2D eigenvalue weighted by molar-refractivity contribution is -0.121. The molecule has 10 heteroatoms. The van der Waals surface area contributed by atoms with Gasteiger partial charge in [0.05, 0.1) is 11.5 Å². The summed E-state index contributed by atoms with van der Waals surface area (Å²) in [6.07, 6.45) is 0.901. The fourth-order valence-corrected chi connectivity index (χ4v) is 5.33. The molecule has 1 amide bonds. The standard InChI is InChI=1S/C20H21ClF2N2O4S/c21-14-2-4-15(5-3-14)29-13-20(11-19(24)26)8-1-9-25(12-20)30(27,28)16-6-7-17(22)18(23)10-16/h2-7,10H,1,8-9,11-13H2,(H2,24,26). The fraction of sp³-hybridized carbons (Fsp3) is 0.350. The first kappa shape index (κ1) is 22.5. The van der Waals surface area contributed by atoms with E-state index in [4.69, 9.17) is 22.1 Å². The number of carbonyl (C=O) groups is 1. The second-order valence-corrected chi connectivity index (χ2v) is 9.78. The van der Waals surface area contributed by atoms with E-state index in [9.17, 15) is 22.0 Å². The van der Waals surface area contributed by atoms with Crippen LogP contribution >= 0.6 is 11.6 Å². The van der Waals surface area contributed by atoms with Crippen LogP contribution < -0.4 is 10.5 Å². The van der Waals surface area contributed by atoms with Crippen molar-refractivity contribution in [2.75, 3.05) is 19.7 Å². The molecule has 1 aliphatic rings. The van der Waals surface area contributed by atoms with Crippen LogP contribution in [0.3, 0.4) is 0 Å². The number of piperidine rings is 1. The summed E-state index contributed by atoms with van der Waals surface area (Å²) in [7, 11) is -4.10. The van der Waals surface area contributed by atoms with E-state index in [1.165, 1.54) is 0 Å². The molecule has 0 aliphatic carbocycles. The van der Waals surface area contributed by atoms with Crippen molar-refractivity contribution in [2.24, 2.45) is 11.1 Å². The molecular weight excluding hydrogens is 438 g/mol. The molecule has 1 saturated heterocycles. The van der Waals surface area contributed by atoms with Crippen molar-refractivity contribution in [3.05, 3.63) is 59.1 Å². The summed E-state index contributed by atoms with van der Waals surface area (Å²) in [5.41, 5.74) is 4.58. The SMILES string of the molecule is NC(=O)CC1(COc2ccc(Cl)cc2)CCCN(S(=O)(=O)c2ccc(F)c(F)c2)C1. The van der Waals surface area contributed by atoms with Crippen molar-refractivity contribution in [3.63, 3.8) is 0 Å². The molecule has 1 unspecified atom stereocenters. The summed E-state index contributed by atoms with van der Waals surface area (Å²) in [4.78, 5) is 11.4. The zero-order valence-electron chi connectivity index (χ0n) is 16.0. The van der Waals surface area contributed by atoms with Gasteiger partial charge >= 0.3 is 0 Å². The van der Waals surface area contributed by atoms with Crippen LogP contribution in [0.4, 0.5) is 8.78 Å². The third kappa shape index (κ3) is 5.08. The molecule has 0 saturated carbocycles. The first-order valence-corrected chi connectivity index (χ1v) is 11.1. The first-order chi connectivity index (χ1) is 14.1. The van der Waals surface area contributed by atoms with E-state index in [-0.39, 0.29) is 31.0 Å². The van der Waals surface area contributed by atoms with E-state index in [2.05, 4.69) is 0 Å². The number of ether oxygens (including phenoxy) is 1. The highest BCUT2D eigenvalue weighted by Crippen LogP contribution is 2.37. The molecule has 162 valence electrons.